The molecule has 1 N–H and O–H groups in total. The maximum atomic E-state index is 12.7. The Hall–Kier alpha value is -1.06. The van der Waals surface area contributed by atoms with Crippen LogP contribution in [-0.4, -0.2) is 32.7 Å². The van der Waals surface area contributed by atoms with Crippen molar-refractivity contribution in [2.75, 3.05) is 20.6 Å². The summed E-state index contributed by atoms with van der Waals surface area (Å²) in [6, 6.07) is 10.1. The number of esters is 1. The zero-order valence-corrected chi connectivity index (χ0v) is 14.0. The summed E-state index contributed by atoms with van der Waals surface area (Å²) in [6.07, 6.45) is 4.01. The standard InChI is InChI=1S/C17H25NO2.ClH/c1-14(13-18(2)3)20-16(19)17(11-7-8-12-17)15-9-5-4-6-10-15;/h4-6,9-10,14H,7-8,11-13H2,1-3H3;1H. The Morgan fingerprint density at radius 1 is 1.24 bits per heavy atom. The van der Waals surface area contributed by atoms with Crippen LogP contribution in [0, 0.1) is 0 Å². The molecular formula is C17H26ClNO2. The molecule has 0 saturated heterocycles. The predicted molar refractivity (Wildman–Crippen MR) is 79.8 cm³/mol. The zero-order valence-electron chi connectivity index (χ0n) is 13.2. The van der Waals surface area contributed by atoms with Crippen molar-refractivity contribution in [2.24, 2.45) is 0 Å². The van der Waals surface area contributed by atoms with Gasteiger partial charge in [0.05, 0.1) is 19.5 Å². The van der Waals surface area contributed by atoms with Gasteiger partial charge in [-0.3, -0.25) is 4.79 Å². The summed E-state index contributed by atoms with van der Waals surface area (Å²) in [5.74, 6) is -0.0325. The molecular weight excluding hydrogens is 286 g/mol. The third-order valence-electron chi connectivity index (χ3n) is 4.18. The maximum absolute atomic E-state index is 12.7. The van der Waals surface area contributed by atoms with Crippen molar-refractivity contribution < 1.29 is 26.8 Å². The Balaban J connectivity index is 0.00000220. The number of hydrogen-bond acceptors (Lipinski definition) is 2. The van der Waals surface area contributed by atoms with Crippen molar-refractivity contribution in [1.29, 1.82) is 0 Å². The van der Waals surface area contributed by atoms with Gasteiger partial charge in [-0.15, -0.1) is 0 Å². The summed E-state index contributed by atoms with van der Waals surface area (Å²) in [6.45, 7) is 2.83. The fraction of sp³-hybridized carbons (Fsp3) is 0.588. The van der Waals surface area contributed by atoms with E-state index in [1.54, 1.807) is 0 Å². The number of carbonyl (C=O) groups is 1. The van der Waals surface area contributed by atoms with Gasteiger partial charge in [0.1, 0.15) is 12.6 Å². The molecule has 0 aliphatic heterocycles. The molecule has 0 bridgehead atoms. The Morgan fingerprint density at radius 2 is 1.81 bits per heavy atom. The number of nitrogens with one attached hydrogen (secondary N) is 1. The van der Waals surface area contributed by atoms with Crippen molar-refractivity contribution in [3.8, 4) is 0 Å². The van der Waals surface area contributed by atoms with Crippen molar-refractivity contribution in [2.45, 2.75) is 44.1 Å². The molecule has 3 nitrogen and oxygen atoms in total. The first-order chi connectivity index (χ1) is 9.54. The van der Waals surface area contributed by atoms with Crippen LogP contribution in [0.5, 0.6) is 0 Å². The SMILES string of the molecule is CC(C[NH+](C)C)OC(=O)C1(c2ccccc2)CCCC1.[Cl-]. The summed E-state index contributed by atoms with van der Waals surface area (Å²) in [7, 11) is 4.15. The zero-order chi connectivity index (χ0) is 14.6. The first-order valence-corrected chi connectivity index (χ1v) is 7.60. The van der Waals surface area contributed by atoms with Crippen molar-refractivity contribution >= 4 is 5.97 Å². The number of hydrogen-bond donors (Lipinski definition) is 1. The van der Waals surface area contributed by atoms with Gasteiger partial charge in [-0.1, -0.05) is 43.2 Å². The largest absolute Gasteiger partial charge is 1.00 e. The van der Waals surface area contributed by atoms with Gasteiger partial charge in [0, 0.05) is 0 Å². The van der Waals surface area contributed by atoms with Crippen LogP contribution in [0.3, 0.4) is 0 Å². The first-order valence-electron chi connectivity index (χ1n) is 7.60. The molecule has 1 aromatic carbocycles. The molecule has 1 fully saturated rings. The summed E-state index contributed by atoms with van der Waals surface area (Å²) in [5, 5.41) is 0. The van der Waals surface area contributed by atoms with Crippen LogP contribution in [-0.2, 0) is 14.9 Å². The van der Waals surface area contributed by atoms with Gasteiger partial charge in [-0.2, -0.15) is 0 Å². The van der Waals surface area contributed by atoms with E-state index < -0.39 is 5.41 Å². The van der Waals surface area contributed by atoms with E-state index in [1.807, 2.05) is 25.1 Å². The van der Waals surface area contributed by atoms with Gasteiger partial charge >= 0.3 is 5.97 Å². The highest BCUT2D eigenvalue weighted by Crippen LogP contribution is 2.42. The molecule has 4 heteroatoms. The van der Waals surface area contributed by atoms with Gasteiger partial charge in [0.15, 0.2) is 0 Å². The lowest BCUT2D eigenvalue weighted by atomic mass is 9.79. The molecule has 1 aromatic rings. The number of ether oxygens (including phenoxy) is 1. The minimum Gasteiger partial charge on any atom is -1.00 e. The number of likely N-dealkylation sites (N-methyl/N-ethyl adjacent to an activating group) is 1. The molecule has 2 rings (SSSR count). The number of carbonyl (C=O) groups excluding carboxylic acids is 1. The molecule has 1 aliphatic rings. The molecule has 0 spiro atoms. The Morgan fingerprint density at radius 3 is 2.33 bits per heavy atom. The minimum absolute atomic E-state index is 0. The van der Waals surface area contributed by atoms with Crippen LogP contribution in [0.2, 0.25) is 0 Å². The lowest BCUT2D eigenvalue weighted by Gasteiger charge is -2.29. The molecule has 0 radical (unpaired) electrons. The number of rotatable bonds is 5. The van der Waals surface area contributed by atoms with Gasteiger partial charge in [-0.25, -0.2) is 0 Å². The third kappa shape index (κ3) is 4.21. The van der Waals surface area contributed by atoms with Crippen LogP contribution in [0.4, 0.5) is 0 Å². The fourth-order valence-corrected chi connectivity index (χ4v) is 3.26. The van der Waals surface area contributed by atoms with Gasteiger partial charge < -0.3 is 22.0 Å². The fourth-order valence-electron chi connectivity index (χ4n) is 3.26. The molecule has 0 aromatic heterocycles. The highest BCUT2D eigenvalue weighted by atomic mass is 35.5. The molecule has 0 heterocycles. The molecule has 1 saturated carbocycles. The Kier molecular flexibility index (Phi) is 6.69. The second kappa shape index (κ2) is 7.81. The van der Waals surface area contributed by atoms with Crippen molar-refractivity contribution in [3.63, 3.8) is 0 Å². The molecule has 1 atom stereocenters. The lowest BCUT2D eigenvalue weighted by Crippen LogP contribution is -3.07. The number of quaternary nitrogens is 1. The smallest absolute Gasteiger partial charge is 0.317 e. The summed E-state index contributed by atoms with van der Waals surface area (Å²) >= 11 is 0. The summed E-state index contributed by atoms with van der Waals surface area (Å²) < 4.78 is 5.74. The average Bonchev–Trinajstić information content (AvgIpc) is 2.89. The van der Waals surface area contributed by atoms with Crippen LogP contribution < -0.4 is 17.3 Å². The van der Waals surface area contributed by atoms with Crippen molar-refractivity contribution in [3.05, 3.63) is 35.9 Å². The second-order valence-electron chi connectivity index (χ2n) is 6.28. The van der Waals surface area contributed by atoms with E-state index in [0.29, 0.717) is 0 Å². The molecule has 1 aliphatic carbocycles. The lowest BCUT2D eigenvalue weighted by molar-refractivity contribution is -0.861. The van der Waals surface area contributed by atoms with Crippen LogP contribution in [0.1, 0.15) is 38.2 Å². The highest BCUT2D eigenvalue weighted by Gasteiger charge is 2.44. The molecule has 118 valence electrons. The monoisotopic (exact) mass is 311 g/mol. The normalized spacial score (nSPS) is 18.1. The number of halogens is 1. The Bertz CT molecular complexity index is 441. The predicted octanol–water partition coefficient (Wildman–Crippen LogP) is -1.42. The van der Waals surface area contributed by atoms with Gasteiger partial charge in [0.25, 0.3) is 0 Å². The topological polar surface area (TPSA) is 30.7 Å². The van der Waals surface area contributed by atoms with E-state index in [1.165, 1.54) is 4.90 Å². The quantitative estimate of drug-likeness (QED) is 0.677. The molecule has 1 unspecified atom stereocenters. The third-order valence-corrected chi connectivity index (χ3v) is 4.18. The van der Waals surface area contributed by atoms with E-state index in [-0.39, 0.29) is 24.5 Å². The van der Waals surface area contributed by atoms with Gasteiger partial charge in [0.2, 0.25) is 0 Å². The molecule has 0 amide bonds. The highest BCUT2D eigenvalue weighted by molar-refractivity contribution is 5.83. The first kappa shape index (κ1) is 18.0. The maximum Gasteiger partial charge on any atom is 0.317 e. The van der Waals surface area contributed by atoms with E-state index in [4.69, 9.17) is 4.74 Å². The van der Waals surface area contributed by atoms with E-state index in [0.717, 1.165) is 37.8 Å². The minimum atomic E-state index is -0.406. The number of benzene rings is 1. The second-order valence-corrected chi connectivity index (χ2v) is 6.28. The van der Waals surface area contributed by atoms with E-state index >= 15 is 0 Å². The summed E-state index contributed by atoms with van der Waals surface area (Å²) in [5.41, 5.74) is 0.712. The van der Waals surface area contributed by atoms with Crippen molar-refractivity contribution in [1.82, 2.24) is 0 Å². The Labute approximate surface area is 134 Å². The van der Waals surface area contributed by atoms with E-state index in [2.05, 4.69) is 26.2 Å². The van der Waals surface area contributed by atoms with Crippen LogP contribution >= 0.6 is 0 Å². The van der Waals surface area contributed by atoms with Gasteiger partial charge in [-0.05, 0) is 25.3 Å². The van der Waals surface area contributed by atoms with E-state index in [9.17, 15) is 4.79 Å². The van der Waals surface area contributed by atoms with Crippen LogP contribution in [0.15, 0.2) is 30.3 Å². The summed E-state index contributed by atoms with van der Waals surface area (Å²) in [4.78, 5) is 14.0. The molecule has 21 heavy (non-hydrogen) atoms. The average molecular weight is 312 g/mol. The van der Waals surface area contributed by atoms with Crippen LogP contribution in [0.25, 0.3) is 0 Å².